The molecular formula is C12H17NO7S2. The highest BCUT2D eigenvalue weighted by atomic mass is 32.2. The largest absolute Gasteiger partial charge is 0.494 e. The predicted molar refractivity (Wildman–Crippen MR) is 78.8 cm³/mol. The Morgan fingerprint density at radius 1 is 1.41 bits per heavy atom. The Morgan fingerprint density at radius 2 is 2.00 bits per heavy atom. The summed E-state index contributed by atoms with van der Waals surface area (Å²) in [4.78, 5) is 22.4. The lowest BCUT2D eigenvalue weighted by molar-refractivity contribution is -0.141. The van der Waals surface area contributed by atoms with E-state index in [0.717, 1.165) is 4.31 Å². The minimum atomic E-state index is -3.98. The summed E-state index contributed by atoms with van der Waals surface area (Å²) in [5.74, 6) is -2.63. The maximum atomic E-state index is 12.5. The second-order valence-electron chi connectivity index (χ2n) is 4.48. The molecule has 1 atom stereocenters. The molecule has 0 radical (unpaired) electrons. The highest BCUT2D eigenvalue weighted by Crippen LogP contribution is 2.35. The minimum Gasteiger partial charge on any atom is -0.494 e. The van der Waals surface area contributed by atoms with Gasteiger partial charge in [-0.05, 0) is 0 Å². The van der Waals surface area contributed by atoms with Crippen LogP contribution in [-0.2, 0) is 19.6 Å². The first kappa shape index (κ1) is 18.4. The van der Waals surface area contributed by atoms with Gasteiger partial charge in [0, 0.05) is 19.7 Å². The number of esters is 1. The maximum Gasteiger partial charge on any atom is 0.348 e. The van der Waals surface area contributed by atoms with Crippen LogP contribution < -0.4 is 4.74 Å². The van der Waals surface area contributed by atoms with Gasteiger partial charge in [-0.15, -0.1) is 11.3 Å². The fourth-order valence-electron chi connectivity index (χ4n) is 1.58. The summed E-state index contributed by atoms with van der Waals surface area (Å²) >= 11 is 0.711. The highest BCUT2D eigenvalue weighted by Gasteiger charge is 2.31. The molecule has 0 bridgehead atoms. The van der Waals surface area contributed by atoms with Crippen LogP contribution in [0.5, 0.6) is 5.75 Å². The molecule has 1 heterocycles. The van der Waals surface area contributed by atoms with Crippen molar-refractivity contribution in [2.45, 2.75) is 11.1 Å². The second-order valence-corrected chi connectivity index (χ2v) is 7.78. The molecule has 0 fully saturated rings. The average Bonchev–Trinajstić information content (AvgIpc) is 2.90. The number of hydrogen-bond acceptors (Lipinski definition) is 7. The number of nitrogens with zero attached hydrogens (tertiary/aromatic N) is 1. The van der Waals surface area contributed by atoms with Crippen LogP contribution in [0.3, 0.4) is 0 Å². The monoisotopic (exact) mass is 351 g/mol. The molecule has 0 aliphatic heterocycles. The van der Waals surface area contributed by atoms with Gasteiger partial charge >= 0.3 is 11.9 Å². The SMILES string of the molecule is COC(=O)c1cc(OC)c(S(=O)(=O)N(C)CC(C)C(=O)O)s1. The van der Waals surface area contributed by atoms with Crippen molar-refractivity contribution in [3.05, 3.63) is 10.9 Å². The molecule has 8 nitrogen and oxygen atoms in total. The summed E-state index contributed by atoms with van der Waals surface area (Å²) in [6, 6.07) is 1.28. The average molecular weight is 351 g/mol. The summed E-state index contributed by atoms with van der Waals surface area (Å²) in [7, 11) is -0.242. The molecule has 1 rings (SSSR count). The van der Waals surface area contributed by atoms with E-state index in [1.54, 1.807) is 0 Å². The molecule has 0 spiro atoms. The fraction of sp³-hybridized carbons (Fsp3) is 0.500. The molecular weight excluding hydrogens is 334 g/mol. The van der Waals surface area contributed by atoms with E-state index in [0.29, 0.717) is 11.3 Å². The lowest BCUT2D eigenvalue weighted by Crippen LogP contribution is -2.33. The number of ether oxygens (including phenoxy) is 2. The van der Waals surface area contributed by atoms with Crippen molar-refractivity contribution in [1.29, 1.82) is 0 Å². The van der Waals surface area contributed by atoms with Gasteiger partial charge in [0.05, 0.1) is 20.1 Å². The normalized spacial score (nSPS) is 13.0. The van der Waals surface area contributed by atoms with Crippen molar-refractivity contribution in [1.82, 2.24) is 4.31 Å². The summed E-state index contributed by atoms with van der Waals surface area (Å²) in [5, 5.41) is 8.87. The maximum absolute atomic E-state index is 12.5. The summed E-state index contributed by atoms with van der Waals surface area (Å²) < 4.78 is 35.3. The molecule has 124 valence electrons. The molecule has 0 aliphatic rings. The molecule has 0 saturated carbocycles. The molecule has 10 heteroatoms. The topological polar surface area (TPSA) is 110 Å². The van der Waals surface area contributed by atoms with Gasteiger partial charge in [0.2, 0.25) is 0 Å². The molecule has 22 heavy (non-hydrogen) atoms. The van der Waals surface area contributed by atoms with Crippen LogP contribution in [-0.4, -0.2) is 57.6 Å². The number of carboxylic acids is 1. The Labute approximate surface area is 132 Å². The highest BCUT2D eigenvalue weighted by molar-refractivity contribution is 7.91. The predicted octanol–water partition coefficient (Wildman–Crippen LogP) is 0.884. The lowest BCUT2D eigenvalue weighted by Gasteiger charge is -2.18. The van der Waals surface area contributed by atoms with E-state index in [1.165, 1.54) is 34.3 Å². The lowest BCUT2D eigenvalue weighted by atomic mass is 10.2. The third kappa shape index (κ3) is 3.76. The molecule has 1 unspecified atom stereocenters. The molecule has 0 aliphatic carbocycles. The summed E-state index contributed by atoms with van der Waals surface area (Å²) in [6.45, 7) is 1.20. The number of sulfonamides is 1. The van der Waals surface area contributed by atoms with Crippen molar-refractivity contribution in [2.24, 2.45) is 5.92 Å². The van der Waals surface area contributed by atoms with E-state index in [-0.39, 0.29) is 21.4 Å². The van der Waals surface area contributed by atoms with Gasteiger partial charge in [-0.3, -0.25) is 4.79 Å². The van der Waals surface area contributed by atoms with Crippen LogP contribution >= 0.6 is 11.3 Å². The summed E-state index contributed by atoms with van der Waals surface area (Å²) in [5.41, 5.74) is 0. The number of methoxy groups -OCH3 is 2. The van der Waals surface area contributed by atoms with Gasteiger partial charge < -0.3 is 14.6 Å². The van der Waals surface area contributed by atoms with Gasteiger partial charge in [-0.2, -0.15) is 4.31 Å². The molecule has 0 amide bonds. The van der Waals surface area contributed by atoms with Gasteiger partial charge in [-0.25, -0.2) is 13.2 Å². The van der Waals surface area contributed by atoms with Crippen molar-refractivity contribution in [2.75, 3.05) is 27.8 Å². The Morgan fingerprint density at radius 3 is 2.45 bits per heavy atom. The molecule has 0 saturated heterocycles. The third-order valence-corrected chi connectivity index (χ3v) is 6.28. The number of aliphatic carboxylic acids is 1. The van der Waals surface area contributed by atoms with E-state index in [2.05, 4.69) is 4.74 Å². The zero-order valence-electron chi connectivity index (χ0n) is 12.5. The second kappa shape index (κ2) is 7.07. The first-order valence-electron chi connectivity index (χ1n) is 6.10. The number of hydrogen-bond donors (Lipinski definition) is 1. The Kier molecular flexibility index (Phi) is 5.92. The smallest absolute Gasteiger partial charge is 0.348 e. The Hall–Kier alpha value is -1.65. The minimum absolute atomic E-state index is 0.0141. The van der Waals surface area contributed by atoms with E-state index in [4.69, 9.17) is 9.84 Å². The standard InChI is InChI=1S/C12H17NO7S2/c1-7(10(14)15)6-13(2)22(17,18)12-8(19-3)5-9(21-12)11(16)20-4/h5,7H,6H2,1-4H3,(H,14,15). The zero-order valence-corrected chi connectivity index (χ0v) is 14.2. The number of carbonyl (C=O) groups excluding carboxylic acids is 1. The molecule has 1 aromatic heterocycles. The van der Waals surface area contributed by atoms with Crippen LogP contribution in [0.15, 0.2) is 10.3 Å². The Bertz CT molecular complexity index is 665. The summed E-state index contributed by atoms with van der Waals surface area (Å²) in [6.07, 6.45) is 0. The first-order valence-corrected chi connectivity index (χ1v) is 8.36. The van der Waals surface area contributed by atoms with Crippen LogP contribution in [0.4, 0.5) is 0 Å². The van der Waals surface area contributed by atoms with E-state index < -0.39 is 27.9 Å². The fourth-order valence-corrected chi connectivity index (χ4v) is 4.53. The zero-order chi connectivity index (χ0) is 17.1. The van der Waals surface area contributed by atoms with Gasteiger partial charge in [0.1, 0.15) is 4.88 Å². The van der Waals surface area contributed by atoms with Crippen molar-refractivity contribution in [3.63, 3.8) is 0 Å². The quantitative estimate of drug-likeness (QED) is 0.726. The van der Waals surface area contributed by atoms with Crippen molar-refractivity contribution in [3.8, 4) is 5.75 Å². The van der Waals surface area contributed by atoms with Crippen LogP contribution in [0.1, 0.15) is 16.6 Å². The van der Waals surface area contributed by atoms with Gasteiger partial charge in [0.15, 0.2) is 9.96 Å². The molecule has 0 aromatic carbocycles. The first-order chi connectivity index (χ1) is 10.1. The molecule has 1 aromatic rings. The van der Waals surface area contributed by atoms with Crippen LogP contribution in [0, 0.1) is 5.92 Å². The Balaban J connectivity index is 3.19. The van der Waals surface area contributed by atoms with Crippen molar-refractivity contribution < 1.29 is 32.6 Å². The van der Waals surface area contributed by atoms with E-state index in [9.17, 15) is 18.0 Å². The number of carbonyl (C=O) groups is 2. The van der Waals surface area contributed by atoms with Crippen molar-refractivity contribution >= 4 is 33.3 Å². The van der Waals surface area contributed by atoms with Gasteiger partial charge in [-0.1, -0.05) is 6.92 Å². The molecule has 1 N–H and O–H groups in total. The number of carboxylic acid groups (broad SMARTS) is 1. The van der Waals surface area contributed by atoms with E-state index >= 15 is 0 Å². The third-order valence-electron chi connectivity index (χ3n) is 2.87. The van der Waals surface area contributed by atoms with E-state index in [1.807, 2.05) is 0 Å². The number of rotatable bonds is 7. The van der Waals surface area contributed by atoms with Crippen LogP contribution in [0.25, 0.3) is 0 Å². The van der Waals surface area contributed by atoms with Gasteiger partial charge in [0.25, 0.3) is 10.0 Å². The number of thiophene rings is 1. The van der Waals surface area contributed by atoms with Crippen LogP contribution in [0.2, 0.25) is 0 Å².